The normalized spacial score (nSPS) is 22.8. The summed E-state index contributed by atoms with van der Waals surface area (Å²) >= 11 is 0. The van der Waals surface area contributed by atoms with E-state index in [0.29, 0.717) is 13.0 Å². The third-order valence-corrected chi connectivity index (χ3v) is 1.92. The molecule has 5 heteroatoms. The molecule has 0 aromatic heterocycles. The quantitative estimate of drug-likeness (QED) is 0.367. The number of amides is 2. The van der Waals surface area contributed by atoms with Gasteiger partial charge in [0.1, 0.15) is 0 Å². The first-order valence-corrected chi connectivity index (χ1v) is 4.04. The van der Waals surface area contributed by atoms with E-state index in [1.807, 2.05) is 0 Å². The van der Waals surface area contributed by atoms with Crippen molar-refractivity contribution < 1.29 is 9.59 Å². The van der Waals surface area contributed by atoms with E-state index >= 15 is 0 Å². The molecule has 1 atom stereocenters. The molecule has 5 nitrogen and oxygen atoms in total. The van der Waals surface area contributed by atoms with Gasteiger partial charge < -0.3 is 5.32 Å². The first kappa shape index (κ1) is 8.99. The van der Waals surface area contributed by atoms with Crippen LogP contribution in [0.4, 0.5) is 0 Å². The fourth-order valence-corrected chi connectivity index (χ4v) is 1.28. The lowest BCUT2D eigenvalue weighted by Gasteiger charge is -2.21. The first-order chi connectivity index (χ1) is 5.84. The Kier molecular flexibility index (Phi) is 3.53. The van der Waals surface area contributed by atoms with Gasteiger partial charge in [-0.2, -0.15) is 0 Å². The van der Waals surface area contributed by atoms with Gasteiger partial charge in [0.2, 0.25) is 12.3 Å². The molecule has 2 amide bonds. The molecule has 0 saturated carbocycles. The molecule has 1 rings (SSSR count). The fourth-order valence-electron chi connectivity index (χ4n) is 1.28. The summed E-state index contributed by atoms with van der Waals surface area (Å²) in [7, 11) is 0. The van der Waals surface area contributed by atoms with Crippen LogP contribution in [-0.2, 0) is 9.59 Å². The van der Waals surface area contributed by atoms with E-state index in [1.165, 1.54) is 0 Å². The first-order valence-electron chi connectivity index (χ1n) is 4.04. The van der Waals surface area contributed by atoms with Crippen LogP contribution in [-0.4, -0.2) is 25.4 Å². The van der Waals surface area contributed by atoms with Gasteiger partial charge in [0, 0.05) is 6.54 Å². The van der Waals surface area contributed by atoms with E-state index in [0.717, 1.165) is 19.4 Å². The number of nitrogens with one attached hydrogen (secondary N) is 3. The highest BCUT2D eigenvalue weighted by Crippen LogP contribution is 2.08. The van der Waals surface area contributed by atoms with Gasteiger partial charge in [-0.25, -0.2) is 0 Å². The van der Waals surface area contributed by atoms with E-state index in [9.17, 15) is 9.59 Å². The van der Waals surface area contributed by atoms with Crippen LogP contribution < -0.4 is 16.2 Å². The predicted octanol–water partition coefficient (Wildman–Crippen LogP) is -1.24. The summed E-state index contributed by atoms with van der Waals surface area (Å²) in [6, 6.07) is 0. The molecule has 0 spiro atoms. The molecule has 0 aromatic carbocycles. The molecular weight excluding hydrogens is 158 g/mol. The van der Waals surface area contributed by atoms with Gasteiger partial charge in [0.25, 0.3) is 0 Å². The Morgan fingerprint density at radius 1 is 1.58 bits per heavy atom. The second-order valence-electron chi connectivity index (χ2n) is 2.79. The summed E-state index contributed by atoms with van der Waals surface area (Å²) in [6.45, 7) is 1.68. The van der Waals surface area contributed by atoms with Crippen molar-refractivity contribution in [1.82, 2.24) is 16.2 Å². The average Bonchev–Trinajstić information content (AvgIpc) is 2.15. The standard InChI is InChI=1S/C7H13N3O2/c11-5-9-10-7(12)6-2-1-3-8-4-6/h5-6,8H,1-4H2,(H,9,11)(H,10,12). The Morgan fingerprint density at radius 3 is 3.00 bits per heavy atom. The van der Waals surface area contributed by atoms with E-state index in [2.05, 4.69) is 16.2 Å². The lowest BCUT2D eigenvalue weighted by atomic mass is 9.99. The molecular formula is C7H13N3O2. The maximum absolute atomic E-state index is 11.2. The van der Waals surface area contributed by atoms with Crippen LogP contribution in [0.3, 0.4) is 0 Å². The summed E-state index contributed by atoms with van der Waals surface area (Å²) < 4.78 is 0. The van der Waals surface area contributed by atoms with Crippen molar-refractivity contribution in [3.05, 3.63) is 0 Å². The third kappa shape index (κ3) is 2.50. The van der Waals surface area contributed by atoms with Crippen LogP contribution in [0, 0.1) is 5.92 Å². The number of hydrogen-bond donors (Lipinski definition) is 3. The van der Waals surface area contributed by atoms with E-state index < -0.39 is 0 Å². The van der Waals surface area contributed by atoms with E-state index in [-0.39, 0.29) is 11.8 Å². The zero-order chi connectivity index (χ0) is 8.81. The molecule has 1 aliphatic rings. The summed E-state index contributed by atoms with van der Waals surface area (Å²) in [5.74, 6) is -0.125. The summed E-state index contributed by atoms with van der Waals surface area (Å²) in [5.41, 5.74) is 4.44. The van der Waals surface area contributed by atoms with Crippen LogP contribution in [0.5, 0.6) is 0 Å². The van der Waals surface area contributed by atoms with Crippen molar-refractivity contribution >= 4 is 12.3 Å². The number of hydrogen-bond acceptors (Lipinski definition) is 3. The Bertz CT molecular complexity index is 166. The third-order valence-electron chi connectivity index (χ3n) is 1.92. The molecule has 12 heavy (non-hydrogen) atoms. The number of rotatable bonds is 3. The molecule has 0 bridgehead atoms. The smallest absolute Gasteiger partial charge is 0.242 e. The van der Waals surface area contributed by atoms with Crippen LogP contribution in [0.2, 0.25) is 0 Å². The topological polar surface area (TPSA) is 70.2 Å². The van der Waals surface area contributed by atoms with Gasteiger partial charge in [-0.05, 0) is 19.4 Å². The molecule has 1 unspecified atom stereocenters. The van der Waals surface area contributed by atoms with Gasteiger partial charge in [0.05, 0.1) is 5.92 Å². The molecule has 0 radical (unpaired) electrons. The Balaban J connectivity index is 2.24. The van der Waals surface area contributed by atoms with Gasteiger partial charge >= 0.3 is 0 Å². The number of carbonyl (C=O) groups excluding carboxylic acids is 2. The summed E-state index contributed by atoms with van der Waals surface area (Å²) in [5, 5.41) is 3.12. The Hall–Kier alpha value is -1.10. The zero-order valence-electron chi connectivity index (χ0n) is 6.80. The maximum atomic E-state index is 11.2. The molecule has 1 heterocycles. The van der Waals surface area contributed by atoms with Crippen molar-refractivity contribution in [3.8, 4) is 0 Å². The molecule has 1 saturated heterocycles. The van der Waals surface area contributed by atoms with Crippen molar-refractivity contribution in [2.75, 3.05) is 13.1 Å². The number of hydrazine groups is 1. The molecule has 0 aromatic rings. The predicted molar refractivity (Wildman–Crippen MR) is 42.9 cm³/mol. The van der Waals surface area contributed by atoms with Gasteiger partial charge in [-0.1, -0.05) is 0 Å². The van der Waals surface area contributed by atoms with Crippen LogP contribution in [0.15, 0.2) is 0 Å². The SMILES string of the molecule is O=CNNC(=O)C1CCCNC1. The second kappa shape index (κ2) is 4.71. The molecule has 3 N–H and O–H groups in total. The number of carbonyl (C=O) groups is 2. The number of piperidine rings is 1. The van der Waals surface area contributed by atoms with E-state index in [4.69, 9.17) is 0 Å². The molecule has 0 aliphatic carbocycles. The zero-order valence-corrected chi connectivity index (χ0v) is 6.80. The molecule has 1 fully saturated rings. The van der Waals surface area contributed by atoms with Crippen molar-refractivity contribution in [2.45, 2.75) is 12.8 Å². The van der Waals surface area contributed by atoms with Crippen LogP contribution >= 0.6 is 0 Å². The lowest BCUT2D eigenvalue weighted by molar-refractivity contribution is -0.128. The van der Waals surface area contributed by atoms with Crippen LogP contribution in [0.1, 0.15) is 12.8 Å². The van der Waals surface area contributed by atoms with Crippen LogP contribution in [0.25, 0.3) is 0 Å². The van der Waals surface area contributed by atoms with Gasteiger partial charge in [0.15, 0.2) is 0 Å². The van der Waals surface area contributed by atoms with Gasteiger partial charge in [-0.3, -0.25) is 20.4 Å². The minimum absolute atomic E-state index is 0.00815. The minimum Gasteiger partial charge on any atom is -0.316 e. The fraction of sp³-hybridized carbons (Fsp3) is 0.714. The Labute approximate surface area is 70.9 Å². The largest absolute Gasteiger partial charge is 0.316 e. The highest BCUT2D eigenvalue weighted by atomic mass is 16.2. The van der Waals surface area contributed by atoms with Crippen molar-refractivity contribution in [2.24, 2.45) is 5.92 Å². The summed E-state index contributed by atoms with van der Waals surface area (Å²) in [6.07, 6.45) is 2.35. The molecule has 1 aliphatic heterocycles. The molecule has 68 valence electrons. The Morgan fingerprint density at radius 2 is 2.42 bits per heavy atom. The second-order valence-corrected chi connectivity index (χ2v) is 2.79. The summed E-state index contributed by atoms with van der Waals surface area (Å²) in [4.78, 5) is 21.0. The highest BCUT2D eigenvalue weighted by Gasteiger charge is 2.19. The minimum atomic E-state index is -0.116. The maximum Gasteiger partial charge on any atom is 0.242 e. The van der Waals surface area contributed by atoms with Crippen molar-refractivity contribution in [1.29, 1.82) is 0 Å². The highest BCUT2D eigenvalue weighted by molar-refractivity contribution is 5.79. The monoisotopic (exact) mass is 171 g/mol. The van der Waals surface area contributed by atoms with Gasteiger partial charge in [-0.15, -0.1) is 0 Å². The van der Waals surface area contributed by atoms with Crippen molar-refractivity contribution in [3.63, 3.8) is 0 Å². The van der Waals surface area contributed by atoms with E-state index in [1.54, 1.807) is 0 Å². The lowest BCUT2D eigenvalue weighted by Crippen LogP contribution is -2.45. The average molecular weight is 171 g/mol.